The van der Waals surface area contributed by atoms with E-state index in [-0.39, 0.29) is 12.3 Å². The van der Waals surface area contributed by atoms with E-state index in [1.165, 1.54) is 11.0 Å². The summed E-state index contributed by atoms with van der Waals surface area (Å²) < 4.78 is 10.9. The molecule has 0 atom stereocenters. The minimum Gasteiger partial charge on any atom is -0.496 e. The number of aromatic nitrogens is 3. The molecule has 0 unspecified atom stereocenters. The van der Waals surface area contributed by atoms with E-state index >= 15 is 0 Å². The third-order valence-electron chi connectivity index (χ3n) is 3.68. The fourth-order valence-electron chi connectivity index (χ4n) is 2.50. The molecule has 0 radical (unpaired) electrons. The van der Waals surface area contributed by atoms with Gasteiger partial charge in [-0.05, 0) is 26.0 Å². The third kappa shape index (κ3) is 2.90. The molecule has 0 fully saturated rings. The van der Waals surface area contributed by atoms with Crippen LogP contribution in [0.25, 0.3) is 11.0 Å². The normalized spacial score (nSPS) is 10.9. The molecule has 3 rings (SSSR count). The monoisotopic (exact) mass is 314 g/mol. The number of methoxy groups -OCH3 is 1. The molecule has 0 aliphatic rings. The summed E-state index contributed by atoms with van der Waals surface area (Å²) in [7, 11) is 1.62. The summed E-state index contributed by atoms with van der Waals surface area (Å²) >= 11 is 0. The number of nitrogens with one attached hydrogen (secondary N) is 1. The number of aryl methyl sites for hydroxylation is 2. The van der Waals surface area contributed by atoms with Crippen LogP contribution in [0.1, 0.15) is 18.1 Å². The zero-order chi connectivity index (χ0) is 16.4. The van der Waals surface area contributed by atoms with Crippen LogP contribution in [-0.2, 0) is 17.8 Å². The van der Waals surface area contributed by atoms with Crippen molar-refractivity contribution in [1.82, 2.24) is 15.0 Å². The first-order chi connectivity index (χ1) is 11.1. The van der Waals surface area contributed by atoms with Crippen LogP contribution in [0.3, 0.4) is 0 Å². The Hall–Kier alpha value is -2.83. The number of hydrogen-bond acceptors (Lipinski definition) is 5. The van der Waals surface area contributed by atoms with Gasteiger partial charge in [0.15, 0.2) is 5.82 Å². The van der Waals surface area contributed by atoms with E-state index in [1.54, 1.807) is 13.4 Å². The van der Waals surface area contributed by atoms with Gasteiger partial charge in [0.2, 0.25) is 5.91 Å². The van der Waals surface area contributed by atoms with Crippen LogP contribution < -0.4 is 10.1 Å². The SMILES string of the molecule is CCn1ncc(NC(=O)Cc2coc3c(C)c(OC)ccc23)n1. The van der Waals surface area contributed by atoms with Gasteiger partial charge >= 0.3 is 0 Å². The summed E-state index contributed by atoms with van der Waals surface area (Å²) in [5.41, 5.74) is 2.48. The smallest absolute Gasteiger partial charge is 0.230 e. The minimum atomic E-state index is -0.163. The van der Waals surface area contributed by atoms with Crippen molar-refractivity contribution in [1.29, 1.82) is 0 Å². The summed E-state index contributed by atoms with van der Waals surface area (Å²) in [6, 6.07) is 3.78. The number of amides is 1. The van der Waals surface area contributed by atoms with Crippen molar-refractivity contribution in [3.8, 4) is 5.75 Å². The number of carbonyl (C=O) groups excluding carboxylic acids is 1. The molecule has 0 spiro atoms. The summed E-state index contributed by atoms with van der Waals surface area (Å²) in [5.74, 6) is 1.05. The van der Waals surface area contributed by atoms with Gasteiger partial charge in [0.1, 0.15) is 11.3 Å². The number of carbonyl (C=O) groups is 1. The lowest BCUT2D eigenvalue weighted by Gasteiger charge is -2.04. The second kappa shape index (κ2) is 6.12. The first-order valence-corrected chi connectivity index (χ1v) is 7.36. The van der Waals surface area contributed by atoms with Crippen molar-refractivity contribution in [2.45, 2.75) is 26.8 Å². The predicted octanol–water partition coefficient (Wildman–Crippen LogP) is 2.54. The molecule has 3 aromatic rings. The Morgan fingerprint density at radius 1 is 1.43 bits per heavy atom. The lowest BCUT2D eigenvalue weighted by atomic mass is 10.1. The number of hydrogen-bond donors (Lipinski definition) is 1. The van der Waals surface area contributed by atoms with Crippen LogP contribution in [-0.4, -0.2) is 28.0 Å². The molecule has 1 aromatic carbocycles. The van der Waals surface area contributed by atoms with Crippen molar-refractivity contribution in [3.63, 3.8) is 0 Å². The van der Waals surface area contributed by atoms with Gasteiger partial charge in [-0.3, -0.25) is 4.79 Å². The molecule has 7 nitrogen and oxygen atoms in total. The van der Waals surface area contributed by atoms with E-state index in [0.717, 1.165) is 27.8 Å². The number of furan rings is 1. The van der Waals surface area contributed by atoms with Crippen molar-refractivity contribution < 1.29 is 13.9 Å². The highest BCUT2D eigenvalue weighted by Crippen LogP contribution is 2.30. The van der Waals surface area contributed by atoms with Gasteiger partial charge in [0.05, 0.1) is 32.5 Å². The Morgan fingerprint density at radius 2 is 2.26 bits per heavy atom. The number of anilines is 1. The summed E-state index contributed by atoms with van der Waals surface area (Å²) in [5, 5.41) is 11.8. The fourth-order valence-corrected chi connectivity index (χ4v) is 2.50. The maximum absolute atomic E-state index is 12.2. The quantitative estimate of drug-likeness (QED) is 0.782. The van der Waals surface area contributed by atoms with Crippen molar-refractivity contribution >= 4 is 22.7 Å². The molecule has 0 bridgehead atoms. The summed E-state index contributed by atoms with van der Waals surface area (Å²) in [6.45, 7) is 4.51. The fraction of sp³-hybridized carbons (Fsp3) is 0.312. The Balaban J connectivity index is 1.78. The van der Waals surface area contributed by atoms with Crippen molar-refractivity contribution in [3.05, 3.63) is 35.7 Å². The largest absolute Gasteiger partial charge is 0.496 e. The van der Waals surface area contributed by atoms with Crippen molar-refractivity contribution in [2.24, 2.45) is 0 Å². The van der Waals surface area contributed by atoms with Crippen molar-refractivity contribution in [2.75, 3.05) is 12.4 Å². The van der Waals surface area contributed by atoms with Crippen LogP contribution in [0.5, 0.6) is 5.75 Å². The van der Waals surface area contributed by atoms with E-state index in [1.807, 2.05) is 26.0 Å². The Labute approximate surface area is 133 Å². The second-order valence-electron chi connectivity index (χ2n) is 5.17. The molecule has 2 aromatic heterocycles. The second-order valence-corrected chi connectivity index (χ2v) is 5.17. The van der Waals surface area contributed by atoms with Crippen LogP contribution in [0.2, 0.25) is 0 Å². The van der Waals surface area contributed by atoms with Crippen LogP contribution >= 0.6 is 0 Å². The Morgan fingerprint density at radius 3 is 2.96 bits per heavy atom. The van der Waals surface area contributed by atoms with E-state index in [4.69, 9.17) is 9.15 Å². The highest BCUT2D eigenvalue weighted by Gasteiger charge is 2.15. The topological polar surface area (TPSA) is 82.2 Å². The number of rotatable bonds is 5. The molecule has 0 aliphatic carbocycles. The lowest BCUT2D eigenvalue weighted by molar-refractivity contribution is -0.115. The number of ether oxygens (including phenoxy) is 1. The average molecular weight is 314 g/mol. The van der Waals surface area contributed by atoms with Crippen LogP contribution in [0.4, 0.5) is 5.82 Å². The number of fused-ring (bicyclic) bond motifs is 1. The van der Waals surface area contributed by atoms with E-state index in [0.29, 0.717) is 12.4 Å². The molecule has 1 N–H and O–H groups in total. The van der Waals surface area contributed by atoms with Gasteiger partial charge in [0.25, 0.3) is 0 Å². The molecule has 2 heterocycles. The molecular weight excluding hydrogens is 296 g/mol. The zero-order valence-electron chi connectivity index (χ0n) is 13.3. The molecule has 1 amide bonds. The molecular formula is C16H18N4O3. The molecule has 7 heteroatoms. The molecule has 0 saturated carbocycles. The van der Waals surface area contributed by atoms with Gasteiger partial charge in [-0.1, -0.05) is 0 Å². The average Bonchev–Trinajstić information content (AvgIpc) is 3.15. The highest BCUT2D eigenvalue weighted by atomic mass is 16.5. The van der Waals surface area contributed by atoms with E-state index in [2.05, 4.69) is 15.5 Å². The molecule has 120 valence electrons. The van der Waals surface area contributed by atoms with E-state index in [9.17, 15) is 4.79 Å². The molecule has 0 aliphatic heterocycles. The number of nitrogens with zero attached hydrogens (tertiary/aromatic N) is 3. The Bertz CT molecular complexity index is 850. The van der Waals surface area contributed by atoms with Gasteiger partial charge < -0.3 is 14.5 Å². The molecule has 23 heavy (non-hydrogen) atoms. The zero-order valence-corrected chi connectivity index (χ0v) is 13.3. The lowest BCUT2D eigenvalue weighted by Crippen LogP contribution is -2.14. The summed E-state index contributed by atoms with van der Waals surface area (Å²) in [4.78, 5) is 13.7. The Kier molecular flexibility index (Phi) is 4.01. The maximum atomic E-state index is 12.2. The number of benzene rings is 1. The first kappa shape index (κ1) is 15.1. The predicted molar refractivity (Wildman–Crippen MR) is 85.5 cm³/mol. The van der Waals surface area contributed by atoms with Gasteiger partial charge in [-0.2, -0.15) is 9.90 Å². The van der Waals surface area contributed by atoms with Crippen LogP contribution in [0.15, 0.2) is 29.0 Å². The van der Waals surface area contributed by atoms with Gasteiger partial charge in [-0.25, -0.2) is 0 Å². The van der Waals surface area contributed by atoms with Gasteiger partial charge in [-0.15, -0.1) is 5.10 Å². The maximum Gasteiger partial charge on any atom is 0.230 e. The third-order valence-corrected chi connectivity index (χ3v) is 3.68. The van der Waals surface area contributed by atoms with Crippen LogP contribution in [0, 0.1) is 6.92 Å². The standard InChI is InChI=1S/C16H18N4O3/c1-4-20-17-8-14(19-20)18-15(21)7-11-9-23-16-10(2)13(22-3)6-5-12(11)16/h5-6,8-9H,4,7H2,1-3H3,(H,18,19,21). The van der Waals surface area contributed by atoms with E-state index < -0.39 is 0 Å². The summed E-state index contributed by atoms with van der Waals surface area (Å²) in [6.07, 6.45) is 3.35. The highest BCUT2D eigenvalue weighted by molar-refractivity contribution is 5.95. The molecule has 0 saturated heterocycles. The first-order valence-electron chi connectivity index (χ1n) is 7.36. The van der Waals surface area contributed by atoms with Gasteiger partial charge in [0, 0.05) is 16.5 Å². The minimum absolute atomic E-state index is 0.163.